The molecule has 290 valence electrons. The van der Waals surface area contributed by atoms with E-state index in [0.717, 1.165) is 12.0 Å². The Morgan fingerprint density at radius 1 is 0.686 bits per heavy atom. The van der Waals surface area contributed by atoms with Crippen LogP contribution in [0.15, 0.2) is 30.3 Å². The summed E-state index contributed by atoms with van der Waals surface area (Å²) in [6, 6.07) is 5.20. The molecule has 1 rings (SSSR count). The Bertz CT molecular complexity index is 1220. The molecule has 0 bridgehead atoms. The Balaban J connectivity index is 3.12. The van der Waals surface area contributed by atoms with Gasteiger partial charge in [0.05, 0.1) is 18.2 Å². The van der Waals surface area contributed by atoms with Crippen molar-refractivity contribution in [1.82, 2.24) is 26.6 Å². The number of benzene rings is 1. The van der Waals surface area contributed by atoms with E-state index >= 15 is 0 Å². The molecule has 0 radical (unpaired) electrons. The van der Waals surface area contributed by atoms with Crippen molar-refractivity contribution in [2.75, 3.05) is 6.54 Å². The average Bonchev–Trinajstić information content (AvgIpc) is 3.05. The smallest absolute Gasteiger partial charge is 0.326 e. The van der Waals surface area contributed by atoms with Gasteiger partial charge in [-0.15, -0.1) is 0 Å². The molecule has 1 aromatic rings. The van der Waals surface area contributed by atoms with Gasteiger partial charge in [0.1, 0.15) is 18.1 Å². The van der Waals surface area contributed by atoms with Gasteiger partial charge in [0, 0.05) is 6.42 Å². The van der Waals surface area contributed by atoms with Crippen LogP contribution in [0.3, 0.4) is 0 Å². The third kappa shape index (κ3) is 17.0. The highest BCUT2D eigenvalue weighted by Gasteiger charge is 2.33. The molecule has 0 fully saturated rings. The minimum atomic E-state index is -1.16. The van der Waals surface area contributed by atoms with Gasteiger partial charge >= 0.3 is 5.97 Å². The molecule has 0 saturated carbocycles. The fraction of sp³-hybridized carbons (Fsp3) is 0.718. The van der Waals surface area contributed by atoms with Crippen LogP contribution in [0.5, 0.6) is 0 Å². The van der Waals surface area contributed by atoms with Gasteiger partial charge < -0.3 is 36.8 Å². The number of aliphatic hydroxyl groups excluding tert-OH is 1. The van der Waals surface area contributed by atoms with Gasteiger partial charge in [-0.05, 0) is 67.4 Å². The summed E-state index contributed by atoms with van der Waals surface area (Å²) in [5, 5.41) is 35.5. The molecule has 0 unspecified atom stereocenters. The molecule has 12 nitrogen and oxygen atoms in total. The minimum absolute atomic E-state index is 0.0167. The number of amides is 4. The average molecular weight is 718 g/mol. The van der Waals surface area contributed by atoms with Crippen LogP contribution in [0.1, 0.15) is 107 Å². The van der Waals surface area contributed by atoms with E-state index in [1.807, 2.05) is 65.0 Å². The fourth-order valence-corrected chi connectivity index (χ4v) is 5.70. The van der Waals surface area contributed by atoms with Crippen LogP contribution in [0, 0.1) is 29.6 Å². The molecule has 1 aromatic carbocycles. The molecule has 0 heterocycles. The van der Waals surface area contributed by atoms with E-state index in [0.29, 0.717) is 25.3 Å². The summed E-state index contributed by atoms with van der Waals surface area (Å²) in [5.74, 6) is -3.04. The largest absolute Gasteiger partial charge is 0.480 e. The number of hydrogen-bond donors (Lipinski definition) is 7. The van der Waals surface area contributed by atoms with Crippen LogP contribution in [0.2, 0.25) is 0 Å². The number of aliphatic carboxylic acids is 1. The van der Waals surface area contributed by atoms with E-state index in [-0.39, 0.29) is 48.8 Å². The van der Waals surface area contributed by atoms with Gasteiger partial charge in [0.25, 0.3) is 0 Å². The maximum absolute atomic E-state index is 13.8. The Kier molecular flexibility index (Phi) is 20.6. The monoisotopic (exact) mass is 718 g/mol. The molecule has 0 aliphatic rings. The Morgan fingerprint density at radius 2 is 1.25 bits per heavy atom. The van der Waals surface area contributed by atoms with Gasteiger partial charge in [-0.25, -0.2) is 4.79 Å². The number of hydrogen-bond acceptors (Lipinski definition) is 7. The quantitative estimate of drug-likeness (QED) is 0.0842. The van der Waals surface area contributed by atoms with Gasteiger partial charge in [0.2, 0.25) is 23.6 Å². The summed E-state index contributed by atoms with van der Waals surface area (Å²) in [4.78, 5) is 65.2. The van der Waals surface area contributed by atoms with Crippen molar-refractivity contribution in [3.05, 3.63) is 35.9 Å². The lowest BCUT2D eigenvalue weighted by Crippen LogP contribution is -2.58. The Morgan fingerprint density at radius 3 is 1.76 bits per heavy atom. The highest BCUT2D eigenvalue weighted by atomic mass is 16.4. The maximum Gasteiger partial charge on any atom is 0.326 e. The number of carboxylic acid groups (broad SMARTS) is 1. The molecule has 51 heavy (non-hydrogen) atoms. The summed E-state index contributed by atoms with van der Waals surface area (Å²) in [6.45, 7) is 19.8. The summed E-state index contributed by atoms with van der Waals surface area (Å²) >= 11 is 0. The van der Waals surface area contributed by atoms with E-state index < -0.39 is 60.0 Å². The van der Waals surface area contributed by atoms with E-state index in [2.05, 4.69) is 40.4 Å². The molecule has 0 aliphatic carbocycles. The molecule has 0 spiro atoms. The van der Waals surface area contributed by atoms with Crippen molar-refractivity contribution < 1.29 is 34.2 Å². The molecule has 0 saturated heterocycles. The van der Waals surface area contributed by atoms with Crippen LogP contribution in [0.25, 0.3) is 0 Å². The molecule has 7 N–H and O–H groups in total. The third-order valence-corrected chi connectivity index (χ3v) is 9.18. The van der Waals surface area contributed by atoms with Gasteiger partial charge in [-0.3, -0.25) is 19.2 Å². The second kappa shape index (κ2) is 23.1. The fourth-order valence-electron chi connectivity index (χ4n) is 5.70. The first-order chi connectivity index (χ1) is 23.9. The molecule has 0 aliphatic heterocycles. The van der Waals surface area contributed by atoms with Crippen molar-refractivity contribution in [3.63, 3.8) is 0 Å². The van der Waals surface area contributed by atoms with E-state index in [9.17, 15) is 34.2 Å². The highest BCUT2D eigenvalue weighted by molar-refractivity contribution is 5.91. The van der Waals surface area contributed by atoms with E-state index in [4.69, 9.17) is 0 Å². The molecular weight excluding hydrogens is 650 g/mol. The van der Waals surface area contributed by atoms with Crippen LogP contribution < -0.4 is 26.6 Å². The molecule has 0 aromatic heterocycles. The second-order valence-corrected chi connectivity index (χ2v) is 15.5. The summed E-state index contributed by atoms with van der Waals surface area (Å²) in [6.07, 6.45) is 1.08. The van der Waals surface area contributed by atoms with Crippen molar-refractivity contribution >= 4 is 29.6 Å². The molecule has 12 heteroatoms. The van der Waals surface area contributed by atoms with Crippen LogP contribution in [-0.4, -0.2) is 82.7 Å². The number of nitrogens with one attached hydrogen (secondary N) is 5. The van der Waals surface area contributed by atoms with Gasteiger partial charge in [-0.1, -0.05) is 106 Å². The zero-order chi connectivity index (χ0) is 38.8. The lowest BCUT2D eigenvalue weighted by molar-refractivity contribution is -0.143. The third-order valence-electron chi connectivity index (χ3n) is 9.18. The van der Waals surface area contributed by atoms with Crippen molar-refractivity contribution in [1.29, 1.82) is 0 Å². The van der Waals surface area contributed by atoms with Crippen LogP contribution >= 0.6 is 0 Å². The number of carbonyl (C=O) groups excluding carboxylic acids is 4. The SMILES string of the molecule is CC[C@H](C)[C@H](NC(=O)CC[C@H](O)[C@H](Cc1ccccc1)NC(=O)[C@@H](NC(=O)[C@H](CC(C)C)NCCC(C)C)C(C)C)C(=O)N[C@H](C(=O)O)C(C)C. The predicted molar refractivity (Wildman–Crippen MR) is 201 cm³/mol. The number of carbonyl (C=O) groups is 5. The first-order valence-corrected chi connectivity index (χ1v) is 18.8. The van der Waals surface area contributed by atoms with Crippen LogP contribution in [0.4, 0.5) is 0 Å². The highest BCUT2D eigenvalue weighted by Crippen LogP contribution is 2.15. The molecule has 4 amide bonds. The Labute approximate surface area is 306 Å². The van der Waals surface area contributed by atoms with Crippen LogP contribution in [-0.2, 0) is 30.4 Å². The molecule has 7 atom stereocenters. The predicted octanol–water partition coefficient (Wildman–Crippen LogP) is 3.80. The lowest BCUT2D eigenvalue weighted by Gasteiger charge is -2.30. The topological polar surface area (TPSA) is 186 Å². The standard InChI is InChI=1S/C39H67N5O7/c1-11-27(10)35(38(49)44-34(26(8)9)39(50)51)42-32(46)18-17-31(45)29(22-28-15-13-12-14-16-28)41-37(48)33(25(6)7)43-36(47)30(21-24(4)5)40-20-19-23(2)3/h12-16,23-27,29-31,33-35,40,45H,11,17-22H2,1-10H3,(H,41,48)(H,42,46)(H,43,47)(H,44,49)(H,50,51)/t27-,29-,30-,31-,33-,34-,35-/m0/s1. The second-order valence-electron chi connectivity index (χ2n) is 15.5. The van der Waals surface area contributed by atoms with E-state index in [1.54, 1.807) is 20.8 Å². The van der Waals surface area contributed by atoms with Crippen molar-refractivity contribution in [3.8, 4) is 0 Å². The maximum atomic E-state index is 13.8. The number of rotatable bonds is 24. The zero-order valence-corrected chi connectivity index (χ0v) is 32.6. The van der Waals surface area contributed by atoms with Gasteiger partial charge in [-0.2, -0.15) is 0 Å². The van der Waals surface area contributed by atoms with Crippen molar-refractivity contribution in [2.24, 2.45) is 29.6 Å². The number of aliphatic hydroxyl groups is 1. The zero-order valence-electron chi connectivity index (χ0n) is 32.6. The number of carboxylic acids is 1. The first-order valence-electron chi connectivity index (χ1n) is 18.8. The van der Waals surface area contributed by atoms with E-state index in [1.165, 1.54) is 0 Å². The van der Waals surface area contributed by atoms with Crippen molar-refractivity contribution in [2.45, 2.75) is 144 Å². The Hall–Kier alpha value is -3.51. The molecular formula is C39H67N5O7. The normalized spacial score (nSPS) is 15.8. The minimum Gasteiger partial charge on any atom is -0.480 e. The summed E-state index contributed by atoms with van der Waals surface area (Å²) in [5.41, 5.74) is 0.870. The van der Waals surface area contributed by atoms with Gasteiger partial charge in [0.15, 0.2) is 0 Å². The summed E-state index contributed by atoms with van der Waals surface area (Å²) in [7, 11) is 0. The summed E-state index contributed by atoms with van der Waals surface area (Å²) < 4.78 is 0. The lowest BCUT2D eigenvalue weighted by atomic mass is 9.95. The first kappa shape index (κ1) is 45.5.